The van der Waals surface area contributed by atoms with Gasteiger partial charge in [-0.2, -0.15) is 0 Å². The van der Waals surface area contributed by atoms with Crippen molar-refractivity contribution in [2.45, 2.75) is 19.0 Å². The van der Waals surface area contributed by atoms with Crippen LogP contribution in [0.1, 0.15) is 31.8 Å². The van der Waals surface area contributed by atoms with Crippen LogP contribution >= 0.6 is 11.6 Å². The minimum Gasteiger partial charge on any atom is -0.480 e. The van der Waals surface area contributed by atoms with E-state index < -0.39 is 17.9 Å². The summed E-state index contributed by atoms with van der Waals surface area (Å²) < 4.78 is 0. The molecule has 0 spiro atoms. The largest absolute Gasteiger partial charge is 0.480 e. The van der Waals surface area contributed by atoms with E-state index in [1.165, 1.54) is 6.07 Å². The van der Waals surface area contributed by atoms with Gasteiger partial charge in [0, 0.05) is 17.0 Å². The Hall–Kier alpha value is -6.76. The summed E-state index contributed by atoms with van der Waals surface area (Å²) >= 11 is 6.47. The highest BCUT2D eigenvalue weighted by molar-refractivity contribution is 6.31. The van der Waals surface area contributed by atoms with Crippen molar-refractivity contribution in [1.82, 2.24) is 5.32 Å². The quantitative estimate of drug-likeness (QED) is 0.131. The van der Waals surface area contributed by atoms with Gasteiger partial charge in [0.05, 0.1) is 17.8 Å². The van der Waals surface area contributed by atoms with E-state index in [0.29, 0.717) is 11.3 Å². The average molecular weight is 741 g/mol. The Morgan fingerprint density at radius 2 is 0.982 bits per heavy atom. The van der Waals surface area contributed by atoms with Crippen LogP contribution in [0, 0.1) is 0 Å². The van der Waals surface area contributed by atoms with Crippen molar-refractivity contribution in [2.24, 2.45) is 0 Å². The first-order valence-electron chi connectivity index (χ1n) is 17.9. The van der Waals surface area contributed by atoms with Gasteiger partial charge in [-0.1, -0.05) is 163 Å². The summed E-state index contributed by atoms with van der Waals surface area (Å²) in [6.45, 7) is 0.131. The number of hydrogen-bond acceptors (Lipinski definition) is 3. The van der Waals surface area contributed by atoms with E-state index in [2.05, 4.69) is 5.32 Å². The first-order chi connectivity index (χ1) is 26.8. The summed E-state index contributed by atoms with van der Waals surface area (Å²) in [5, 5.41) is 13.2. The Morgan fingerprint density at radius 3 is 1.45 bits per heavy atom. The lowest BCUT2D eigenvalue weighted by atomic mass is 10.00. The third-order valence-corrected chi connectivity index (χ3v) is 9.72. The maximum Gasteiger partial charge on any atom is 0.326 e. The SMILES string of the molecule is O=C(N[C@@H](Cc1ccc(-c2ccccc2)cc1)C(=O)O)c1cc(Cl)ccc1N(Cc1ccc(-c2ccccc2)cc1)C(=O)c1ccc(-c2ccccc2)cc1. The van der Waals surface area contributed by atoms with Crippen LogP contribution in [0.15, 0.2) is 182 Å². The molecule has 0 saturated heterocycles. The maximum atomic E-state index is 14.5. The Kier molecular flexibility index (Phi) is 11.3. The molecule has 55 heavy (non-hydrogen) atoms. The number of halogens is 1. The predicted molar refractivity (Wildman–Crippen MR) is 220 cm³/mol. The van der Waals surface area contributed by atoms with Crippen molar-refractivity contribution in [3.63, 3.8) is 0 Å². The van der Waals surface area contributed by atoms with Crippen LogP contribution in [0.2, 0.25) is 5.02 Å². The van der Waals surface area contributed by atoms with E-state index in [1.807, 2.05) is 152 Å². The molecular formula is C48H37ClN2O4. The van der Waals surface area contributed by atoms with E-state index in [9.17, 15) is 19.5 Å². The topological polar surface area (TPSA) is 86.7 Å². The van der Waals surface area contributed by atoms with Gasteiger partial charge in [-0.05, 0) is 74.8 Å². The van der Waals surface area contributed by atoms with E-state index in [-0.39, 0.29) is 29.5 Å². The molecule has 0 aliphatic rings. The van der Waals surface area contributed by atoms with E-state index in [4.69, 9.17) is 11.6 Å². The molecule has 7 rings (SSSR count). The van der Waals surface area contributed by atoms with E-state index in [0.717, 1.165) is 44.5 Å². The Balaban J connectivity index is 1.19. The predicted octanol–water partition coefficient (Wildman–Crippen LogP) is 10.6. The molecule has 1 atom stereocenters. The third kappa shape index (κ3) is 8.90. The average Bonchev–Trinajstić information content (AvgIpc) is 3.24. The van der Waals surface area contributed by atoms with Crippen LogP contribution < -0.4 is 10.2 Å². The molecule has 0 aliphatic carbocycles. The second-order valence-corrected chi connectivity index (χ2v) is 13.6. The number of carbonyl (C=O) groups is 3. The van der Waals surface area contributed by atoms with Gasteiger partial charge in [0.15, 0.2) is 0 Å². The number of carbonyl (C=O) groups excluding carboxylic acids is 2. The molecule has 7 heteroatoms. The molecule has 270 valence electrons. The molecule has 0 aromatic heterocycles. The zero-order chi connectivity index (χ0) is 38.1. The highest BCUT2D eigenvalue weighted by Gasteiger charge is 2.27. The molecule has 7 aromatic carbocycles. The van der Waals surface area contributed by atoms with Gasteiger partial charge >= 0.3 is 5.97 Å². The first kappa shape index (κ1) is 36.6. The van der Waals surface area contributed by atoms with Crippen LogP contribution in [0.3, 0.4) is 0 Å². The van der Waals surface area contributed by atoms with Crippen molar-refractivity contribution >= 4 is 35.1 Å². The van der Waals surface area contributed by atoms with Gasteiger partial charge in [0.1, 0.15) is 6.04 Å². The summed E-state index contributed by atoms with van der Waals surface area (Å²) in [5.74, 6) is -2.19. The number of nitrogens with zero attached hydrogens (tertiary/aromatic N) is 1. The summed E-state index contributed by atoms with van der Waals surface area (Å²) in [5.41, 5.74) is 8.49. The minimum atomic E-state index is -1.25. The number of carboxylic acid groups (broad SMARTS) is 1. The zero-order valence-corrected chi connectivity index (χ0v) is 30.6. The lowest BCUT2D eigenvalue weighted by molar-refractivity contribution is -0.139. The third-order valence-electron chi connectivity index (χ3n) is 9.48. The maximum absolute atomic E-state index is 14.5. The molecular weight excluding hydrogens is 704 g/mol. The fraction of sp³-hybridized carbons (Fsp3) is 0.0625. The lowest BCUT2D eigenvalue weighted by Crippen LogP contribution is -2.43. The number of carboxylic acids is 1. The molecule has 0 saturated carbocycles. The number of hydrogen-bond donors (Lipinski definition) is 2. The summed E-state index contributed by atoms with van der Waals surface area (Å²) in [7, 11) is 0. The van der Waals surface area contributed by atoms with Crippen LogP contribution in [0.25, 0.3) is 33.4 Å². The molecule has 2 amide bonds. The Morgan fingerprint density at radius 1 is 0.545 bits per heavy atom. The number of benzene rings is 7. The second-order valence-electron chi connectivity index (χ2n) is 13.2. The first-order valence-corrected chi connectivity index (χ1v) is 18.3. The molecule has 0 aliphatic heterocycles. The van der Waals surface area contributed by atoms with Crippen molar-refractivity contribution < 1.29 is 19.5 Å². The zero-order valence-electron chi connectivity index (χ0n) is 29.8. The van der Waals surface area contributed by atoms with Gasteiger partial charge in [0.2, 0.25) is 0 Å². The highest BCUT2D eigenvalue weighted by atomic mass is 35.5. The van der Waals surface area contributed by atoms with Crippen LogP contribution in [0.5, 0.6) is 0 Å². The van der Waals surface area contributed by atoms with Crippen molar-refractivity contribution in [3.05, 3.63) is 209 Å². The van der Waals surface area contributed by atoms with Crippen molar-refractivity contribution in [1.29, 1.82) is 0 Å². The molecule has 0 heterocycles. The number of anilines is 1. The normalized spacial score (nSPS) is 11.4. The highest BCUT2D eigenvalue weighted by Crippen LogP contribution is 2.30. The molecule has 7 aromatic rings. The number of amides is 2. The van der Waals surface area contributed by atoms with Crippen LogP contribution in [-0.2, 0) is 17.8 Å². The molecule has 6 nitrogen and oxygen atoms in total. The van der Waals surface area contributed by atoms with Gasteiger partial charge < -0.3 is 15.3 Å². The smallest absolute Gasteiger partial charge is 0.326 e. The molecule has 0 unspecified atom stereocenters. The van der Waals surface area contributed by atoms with Crippen molar-refractivity contribution in [2.75, 3.05) is 4.90 Å². The number of nitrogens with one attached hydrogen (secondary N) is 1. The fourth-order valence-corrected chi connectivity index (χ4v) is 6.71. The van der Waals surface area contributed by atoms with Gasteiger partial charge in [-0.25, -0.2) is 4.79 Å². The molecule has 0 bridgehead atoms. The van der Waals surface area contributed by atoms with Gasteiger partial charge in [-0.15, -0.1) is 0 Å². The molecule has 2 N–H and O–H groups in total. The number of aliphatic carboxylic acids is 1. The Labute approximate surface area is 325 Å². The van der Waals surface area contributed by atoms with E-state index in [1.54, 1.807) is 29.2 Å². The van der Waals surface area contributed by atoms with Crippen LogP contribution in [-0.4, -0.2) is 28.9 Å². The van der Waals surface area contributed by atoms with Gasteiger partial charge in [-0.3, -0.25) is 9.59 Å². The minimum absolute atomic E-state index is 0.0518. The lowest BCUT2D eigenvalue weighted by Gasteiger charge is -2.26. The molecule has 0 radical (unpaired) electrons. The van der Waals surface area contributed by atoms with E-state index >= 15 is 0 Å². The summed E-state index contributed by atoms with van der Waals surface area (Å²) in [6, 6.07) is 56.1. The number of rotatable bonds is 12. The summed E-state index contributed by atoms with van der Waals surface area (Å²) in [6.07, 6.45) is 0.0518. The molecule has 0 fully saturated rings. The van der Waals surface area contributed by atoms with Crippen molar-refractivity contribution in [3.8, 4) is 33.4 Å². The fourth-order valence-electron chi connectivity index (χ4n) is 6.54. The van der Waals surface area contributed by atoms with Gasteiger partial charge in [0.25, 0.3) is 11.8 Å². The van der Waals surface area contributed by atoms with Crippen LogP contribution in [0.4, 0.5) is 5.69 Å². The Bertz CT molecular complexity index is 2400. The standard InChI is InChI=1S/C48H37ClN2O4/c49-42-28-29-45(43(31-42)46(52)50-44(48(54)55)30-33-16-20-38(21-17-33)35-10-4-1-5-11-35)51(32-34-18-22-39(23-19-34)36-12-6-2-7-13-36)47(53)41-26-24-40(25-27-41)37-14-8-3-9-15-37/h1-29,31,44H,30,32H2,(H,50,52)(H,54,55)/t44-/m0/s1. The second kappa shape index (κ2) is 16.9. The monoisotopic (exact) mass is 740 g/mol. The summed E-state index contributed by atoms with van der Waals surface area (Å²) in [4.78, 5) is 42.7.